The minimum atomic E-state index is 0.0684. The van der Waals surface area contributed by atoms with Gasteiger partial charge in [0.2, 0.25) is 11.9 Å². The van der Waals surface area contributed by atoms with Crippen LogP contribution in [0.1, 0.15) is 32.2 Å². The fraction of sp³-hybridized carbons (Fsp3) is 0.529. The monoisotopic (exact) mass is 362 g/mol. The number of nitrogens with one attached hydrogen (secondary N) is 1. The summed E-state index contributed by atoms with van der Waals surface area (Å²) in [6, 6.07) is 1.94. The molecule has 2 aromatic rings. The quantitative estimate of drug-likeness (QED) is 0.853. The standard InChI is InChI=1S/C17H23ClN6O/c1-13(24-6-2-5-22-24)9-16(25)19-10-14-3-7-23(8-4-14)17-20-11-15(18)12-21-17/h2,5-6,11-14H,3-4,7-10H2,1H3,(H,19,25). The Bertz CT molecular complexity index is 667. The van der Waals surface area contributed by atoms with Gasteiger partial charge in [-0.25, -0.2) is 9.97 Å². The molecule has 1 atom stereocenters. The van der Waals surface area contributed by atoms with Gasteiger partial charge in [-0.1, -0.05) is 11.6 Å². The van der Waals surface area contributed by atoms with Crippen molar-refractivity contribution in [3.8, 4) is 0 Å². The maximum Gasteiger partial charge on any atom is 0.225 e. The van der Waals surface area contributed by atoms with Crippen LogP contribution in [-0.2, 0) is 4.79 Å². The first-order valence-corrected chi connectivity index (χ1v) is 8.98. The second-order valence-corrected chi connectivity index (χ2v) is 6.91. The number of carbonyl (C=O) groups is 1. The van der Waals surface area contributed by atoms with Crippen molar-refractivity contribution in [2.24, 2.45) is 5.92 Å². The van der Waals surface area contributed by atoms with E-state index in [9.17, 15) is 4.79 Å². The molecule has 134 valence electrons. The lowest BCUT2D eigenvalue weighted by molar-refractivity contribution is -0.122. The topological polar surface area (TPSA) is 75.9 Å². The van der Waals surface area contributed by atoms with Crippen molar-refractivity contribution < 1.29 is 4.79 Å². The molecule has 1 aliphatic rings. The summed E-state index contributed by atoms with van der Waals surface area (Å²) in [7, 11) is 0. The molecular weight excluding hydrogens is 340 g/mol. The molecule has 1 saturated heterocycles. The third-order valence-electron chi connectivity index (χ3n) is 4.55. The first-order chi connectivity index (χ1) is 12.1. The number of hydrogen-bond acceptors (Lipinski definition) is 5. The molecule has 25 heavy (non-hydrogen) atoms. The van der Waals surface area contributed by atoms with E-state index < -0.39 is 0 Å². The fourth-order valence-corrected chi connectivity index (χ4v) is 3.14. The van der Waals surface area contributed by atoms with Crippen LogP contribution in [0.2, 0.25) is 5.02 Å². The molecule has 1 fully saturated rings. The molecule has 1 unspecified atom stereocenters. The van der Waals surface area contributed by atoms with Gasteiger partial charge in [0.05, 0.1) is 23.5 Å². The Kier molecular flexibility index (Phi) is 5.86. The summed E-state index contributed by atoms with van der Waals surface area (Å²) in [5.41, 5.74) is 0. The van der Waals surface area contributed by atoms with E-state index in [0.717, 1.165) is 38.4 Å². The number of hydrogen-bond donors (Lipinski definition) is 1. The second kappa shape index (κ2) is 8.29. The Morgan fingerprint density at radius 1 is 1.36 bits per heavy atom. The molecule has 0 aliphatic carbocycles. The van der Waals surface area contributed by atoms with Crippen molar-refractivity contribution in [2.45, 2.75) is 32.2 Å². The zero-order valence-electron chi connectivity index (χ0n) is 14.3. The van der Waals surface area contributed by atoms with Gasteiger partial charge in [-0.3, -0.25) is 9.48 Å². The van der Waals surface area contributed by atoms with Crippen molar-refractivity contribution in [3.05, 3.63) is 35.9 Å². The lowest BCUT2D eigenvalue weighted by Crippen LogP contribution is -2.39. The minimum Gasteiger partial charge on any atom is -0.356 e. The summed E-state index contributed by atoms with van der Waals surface area (Å²) < 4.78 is 1.81. The lowest BCUT2D eigenvalue weighted by atomic mass is 9.97. The Morgan fingerprint density at radius 2 is 2.08 bits per heavy atom. The van der Waals surface area contributed by atoms with Gasteiger partial charge in [-0.05, 0) is 31.7 Å². The minimum absolute atomic E-state index is 0.0684. The van der Waals surface area contributed by atoms with E-state index in [0.29, 0.717) is 17.4 Å². The average molecular weight is 363 g/mol. The first kappa shape index (κ1) is 17.7. The van der Waals surface area contributed by atoms with Gasteiger partial charge < -0.3 is 10.2 Å². The van der Waals surface area contributed by atoms with E-state index in [1.807, 2.05) is 23.9 Å². The van der Waals surface area contributed by atoms with Crippen molar-refractivity contribution in [1.82, 2.24) is 25.1 Å². The van der Waals surface area contributed by atoms with Crippen LogP contribution in [0.3, 0.4) is 0 Å². The van der Waals surface area contributed by atoms with Gasteiger partial charge in [0.25, 0.3) is 0 Å². The Labute approximate surface area is 152 Å². The highest BCUT2D eigenvalue weighted by molar-refractivity contribution is 6.30. The molecule has 8 heteroatoms. The van der Waals surface area contributed by atoms with Crippen LogP contribution >= 0.6 is 11.6 Å². The largest absolute Gasteiger partial charge is 0.356 e. The molecule has 0 bridgehead atoms. The van der Waals surface area contributed by atoms with Crippen LogP contribution in [0.25, 0.3) is 0 Å². The van der Waals surface area contributed by atoms with Crippen LogP contribution in [0.15, 0.2) is 30.9 Å². The lowest BCUT2D eigenvalue weighted by Gasteiger charge is -2.32. The van der Waals surface area contributed by atoms with Crippen LogP contribution in [0, 0.1) is 5.92 Å². The zero-order valence-corrected chi connectivity index (χ0v) is 15.1. The molecule has 1 N–H and O–H groups in total. The van der Waals surface area contributed by atoms with Gasteiger partial charge >= 0.3 is 0 Å². The SMILES string of the molecule is CC(CC(=O)NCC1CCN(c2ncc(Cl)cn2)CC1)n1cccn1. The van der Waals surface area contributed by atoms with Gasteiger partial charge in [-0.15, -0.1) is 0 Å². The molecule has 2 aromatic heterocycles. The zero-order chi connectivity index (χ0) is 17.6. The summed E-state index contributed by atoms with van der Waals surface area (Å²) in [5.74, 6) is 1.29. The average Bonchev–Trinajstić information content (AvgIpc) is 3.16. The van der Waals surface area contributed by atoms with Crippen LogP contribution < -0.4 is 10.2 Å². The highest BCUT2D eigenvalue weighted by Gasteiger charge is 2.21. The predicted molar refractivity (Wildman–Crippen MR) is 96.5 cm³/mol. The third kappa shape index (κ3) is 4.92. The number of anilines is 1. The summed E-state index contributed by atoms with van der Waals surface area (Å²) >= 11 is 5.82. The molecular formula is C17H23ClN6O. The smallest absolute Gasteiger partial charge is 0.225 e. The molecule has 0 saturated carbocycles. The summed E-state index contributed by atoms with van der Waals surface area (Å²) in [5, 5.41) is 7.78. The van der Waals surface area contributed by atoms with E-state index in [-0.39, 0.29) is 11.9 Å². The number of amides is 1. The number of rotatable bonds is 6. The van der Waals surface area contributed by atoms with Crippen LogP contribution in [0.5, 0.6) is 0 Å². The molecule has 7 nitrogen and oxygen atoms in total. The third-order valence-corrected chi connectivity index (χ3v) is 4.74. The van der Waals surface area contributed by atoms with Gasteiger partial charge in [0.1, 0.15) is 0 Å². The van der Waals surface area contributed by atoms with Crippen molar-refractivity contribution in [2.75, 3.05) is 24.5 Å². The highest BCUT2D eigenvalue weighted by atomic mass is 35.5. The summed E-state index contributed by atoms with van der Waals surface area (Å²) in [4.78, 5) is 22.8. The molecule has 1 amide bonds. The number of piperidine rings is 1. The van der Waals surface area contributed by atoms with E-state index in [2.05, 4.69) is 25.3 Å². The van der Waals surface area contributed by atoms with Crippen molar-refractivity contribution >= 4 is 23.5 Å². The Morgan fingerprint density at radius 3 is 2.72 bits per heavy atom. The van der Waals surface area contributed by atoms with Crippen molar-refractivity contribution in [1.29, 1.82) is 0 Å². The fourth-order valence-electron chi connectivity index (χ4n) is 3.04. The van der Waals surface area contributed by atoms with Crippen LogP contribution in [0.4, 0.5) is 5.95 Å². The molecule has 3 rings (SSSR count). The number of nitrogens with zero attached hydrogens (tertiary/aromatic N) is 5. The number of carbonyl (C=O) groups excluding carboxylic acids is 1. The number of aromatic nitrogens is 4. The van der Waals surface area contributed by atoms with E-state index >= 15 is 0 Å². The Balaban J connectivity index is 1.39. The van der Waals surface area contributed by atoms with Gasteiger partial charge in [0.15, 0.2) is 0 Å². The maximum atomic E-state index is 12.1. The molecule has 1 aliphatic heterocycles. The van der Waals surface area contributed by atoms with Gasteiger partial charge in [0, 0.05) is 38.4 Å². The van der Waals surface area contributed by atoms with Crippen molar-refractivity contribution in [3.63, 3.8) is 0 Å². The molecule has 0 aromatic carbocycles. The normalized spacial score (nSPS) is 16.6. The van der Waals surface area contributed by atoms with Gasteiger partial charge in [-0.2, -0.15) is 5.10 Å². The van der Waals surface area contributed by atoms with E-state index in [1.54, 1.807) is 18.6 Å². The van der Waals surface area contributed by atoms with E-state index in [1.165, 1.54) is 0 Å². The molecule has 0 radical (unpaired) electrons. The highest BCUT2D eigenvalue weighted by Crippen LogP contribution is 2.20. The van der Waals surface area contributed by atoms with Crippen LogP contribution in [-0.4, -0.2) is 45.3 Å². The summed E-state index contributed by atoms with van der Waals surface area (Å²) in [6.07, 6.45) is 9.33. The molecule has 3 heterocycles. The summed E-state index contributed by atoms with van der Waals surface area (Å²) in [6.45, 7) is 4.51. The van der Waals surface area contributed by atoms with E-state index in [4.69, 9.17) is 11.6 Å². The Hall–Kier alpha value is -2.15. The second-order valence-electron chi connectivity index (χ2n) is 6.48. The predicted octanol–water partition coefficient (Wildman–Crippen LogP) is 2.31. The number of halogens is 1. The maximum absolute atomic E-state index is 12.1. The molecule has 0 spiro atoms. The first-order valence-electron chi connectivity index (χ1n) is 8.60.